The van der Waals surface area contributed by atoms with Gasteiger partial charge in [0.15, 0.2) is 11.5 Å². The van der Waals surface area contributed by atoms with Crippen molar-refractivity contribution in [2.24, 2.45) is 11.8 Å². The Morgan fingerprint density at radius 2 is 1.84 bits per heavy atom. The lowest BCUT2D eigenvalue weighted by atomic mass is 9.92. The largest absolute Gasteiger partial charge is 0.493 e. The summed E-state index contributed by atoms with van der Waals surface area (Å²) in [6.45, 7) is 0.568. The zero-order chi connectivity index (χ0) is 17.1. The van der Waals surface area contributed by atoms with Crippen LogP contribution in [-0.2, 0) is 0 Å². The third-order valence-corrected chi connectivity index (χ3v) is 4.93. The number of hydrogen-bond donors (Lipinski definition) is 1. The van der Waals surface area contributed by atoms with Gasteiger partial charge in [0.1, 0.15) is 0 Å². The quantitative estimate of drug-likeness (QED) is 0.878. The summed E-state index contributed by atoms with van der Waals surface area (Å²) in [4.78, 5) is 14.6. The predicted molar refractivity (Wildman–Crippen MR) is 91.9 cm³/mol. The Balaban J connectivity index is 0.00000225. The molecular weight excluding hydrogens is 354 g/mol. The highest BCUT2D eigenvalue weighted by Gasteiger charge is 2.31. The number of fused-ring (bicyclic) bond motifs is 1. The Hall–Kier alpha value is -1.60. The second kappa shape index (κ2) is 8.67. The fraction of sp³-hybridized carbons (Fsp3) is 0.588. The van der Waals surface area contributed by atoms with Gasteiger partial charge in [-0.2, -0.15) is 8.78 Å². The summed E-state index contributed by atoms with van der Waals surface area (Å²) in [5, 5.41) is 3.41. The number of methoxy groups -OCH3 is 1. The third kappa shape index (κ3) is 4.52. The molecule has 2 heterocycles. The Kier molecular flexibility index (Phi) is 6.84. The first-order chi connectivity index (χ1) is 11.6. The molecule has 1 amide bonds. The lowest BCUT2D eigenvalue weighted by Crippen LogP contribution is -2.32. The molecule has 0 aliphatic carbocycles. The van der Waals surface area contributed by atoms with Crippen LogP contribution in [0.1, 0.15) is 23.2 Å². The number of rotatable bonds is 4. The number of hydrogen-bond acceptors (Lipinski definition) is 4. The highest BCUT2D eigenvalue weighted by atomic mass is 35.5. The number of nitrogens with one attached hydrogen (secondary N) is 1. The molecule has 140 valence electrons. The average molecular weight is 377 g/mol. The fourth-order valence-corrected chi connectivity index (χ4v) is 3.60. The zero-order valence-electron chi connectivity index (χ0n) is 14.0. The van der Waals surface area contributed by atoms with Gasteiger partial charge >= 0.3 is 6.61 Å². The summed E-state index contributed by atoms with van der Waals surface area (Å²) in [6.07, 6.45) is 1.99. The highest BCUT2D eigenvalue weighted by Crippen LogP contribution is 2.31. The first kappa shape index (κ1) is 19.7. The summed E-state index contributed by atoms with van der Waals surface area (Å²) in [6, 6.07) is 4.33. The maximum atomic E-state index is 12.7. The summed E-state index contributed by atoms with van der Waals surface area (Å²) < 4.78 is 34.2. The molecule has 2 aliphatic rings. The van der Waals surface area contributed by atoms with Crippen molar-refractivity contribution in [3.8, 4) is 11.5 Å². The van der Waals surface area contributed by atoms with Gasteiger partial charge in [-0.05, 0) is 56.0 Å². The Morgan fingerprint density at radius 3 is 2.40 bits per heavy atom. The molecule has 3 rings (SSSR count). The van der Waals surface area contributed by atoms with E-state index in [1.165, 1.54) is 25.3 Å². The van der Waals surface area contributed by atoms with Crippen LogP contribution in [0.5, 0.6) is 11.5 Å². The molecule has 0 radical (unpaired) electrons. The number of alkyl halides is 2. The van der Waals surface area contributed by atoms with Crippen molar-refractivity contribution in [3.05, 3.63) is 23.8 Å². The maximum Gasteiger partial charge on any atom is 0.387 e. The van der Waals surface area contributed by atoms with Crippen molar-refractivity contribution < 1.29 is 23.0 Å². The number of ether oxygens (including phenoxy) is 2. The van der Waals surface area contributed by atoms with E-state index >= 15 is 0 Å². The van der Waals surface area contributed by atoms with Crippen LogP contribution in [0.25, 0.3) is 0 Å². The first-order valence-electron chi connectivity index (χ1n) is 8.21. The van der Waals surface area contributed by atoms with E-state index in [1.54, 1.807) is 0 Å². The maximum absolute atomic E-state index is 12.7. The molecule has 2 atom stereocenters. The lowest BCUT2D eigenvalue weighted by molar-refractivity contribution is -0.0512. The van der Waals surface area contributed by atoms with Crippen molar-refractivity contribution in [2.75, 3.05) is 33.3 Å². The van der Waals surface area contributed by atoms with Crippen molar-refractivity contribution in [3.63, 3.8) is 0 Å². The van der Waals surface area contributed by atoms with Gasteiger partial charge in [-0.25, -0.2) is 0 Å². The molecule has 25 heavy (non-hydrogen) atoms. The second-order valence-electron chi connectivity index (χ2n) is 6.29. The molecule has 5 nitrogen and oxygen atoms in total. The van der Waals surface area contributed by atoms with E-state index in [0.717, 1.165) is 39.0 Å². The summed E-state index contributed by atoms with van der Waals surface area (Å²) in [7, 11) is 1.36. The van der Waals surface area contributed by atoms with E-state index in [-0.39, 0.29) is 29.8 Å². The Morgan fingerprint density at radius 1 is 1.20 bits per heavy atom. The standard InChI is InChI=1S/C17H22F2N2O3.ClH/c1-23-15-8-11(2-3-14(15)24-17(18)19)16(22)21-6-4-12-9-20-10-13(12)5-7-21;/h2-3,8,12-13,17,20H,4-7,9-10H2,1H3;1H/t12-,13+;. The van der Waals surface area contributed by atoms with Crippen LogP contribution in [0.3, 0.4) is 0 Å². The van der Waals surface area contributed by atoms with Gasteiger partial charge in [-0.3, -0.25) is 4.79 Å². The monoisotopic (exact) mass is 376 g/mol. The third-order valence-electron chi connectivity index (χ3n) is 4.93. The van der Waals surface area contributed by atoms with Crippen LogP contribution in [-0.4, -0.2) is 50.7 Å². The molecule has 1 N–H and O–H groups in total. The van der Waals surface area contributed by atoms with E-state index in [2.05, 4.69) is 10.1 Å². The van der Waals surface area contributed by atoms with Crippen LogP contribution in [0.4, 0.5) is 8.78 Å². The van der Waals surface area contributed by atoms with Gasteiger partial charge in [0.05, 0.1) is 7.11 Å². The van der Waals surface area contributed by atoms with Crippen molar-refractivity contribution in [1.29, 1.82) is 0 Å². The van der Waals surface area contributed by atoms with Crippen LogP contribution >= 0.6 is 12.4 Å². The molecule has 0 unspecified atom stereocenters. The molecule has 0 saturated carbocycles. The van der Waals surface area contributed by atoms with Crippen LogP contribution in [0, 0.1) is 11.8 Å². The number of nitrogens with zero attached hydrogens (tertiary/aromatic N) is 1. The minimum absolute atomic E-state index is 0. The highest BCUT2D eigenvalue weighted by molar-refractivity contribution is 5.95. The van der Waals surface area contributed by atoms with E-state index in [1.807, 2.05) is 4.90 Å². The van der Waals surface area contributed by atoms with Gasteiger partial charge < -0.3 is 19.7 Å². The van der Waals surface area contributed by atoms with Gasteiger partial charge in [-0.1, -0.05) is 0 Å². The molecule has 0 bridgehead atoms. The molecule has 8 heteroatoms. The molecular formula is C17H23ClF2N2O3. The van der Waals surface area contributed by atoms with Crippen molar-refractivity contribution >= 4 is 18.3 Å². The summed E-state index contributed by atoms with van der Waals surface area (Å²) in [5.41, 5.74) is 0.429. The van der Waals surface area contributed by atoms with E-state index in [4.69, 9.17) is 4.74 Å². The normalized spacial score (nSPS) is 22.8. The number of likely N-dealkylation sites (tertiary alicyclic amines) is 1. The minimum atomic E-state index is -2.93. The number of amides is 1. The van der Waals surface area contributed by atoms with E-state index in [9.17, 15) is 13.6 Å². The van der Waals surface area contributed by atoms with Crippen molar-refractivity contribution in [1.82, 2.24) is 10.2 Å². The first-order valence-corrected chi connectivity index (χ1v) is 8.21. The summed E-state index contributed by atoms with van der Waals surface area (Å²) in [5.74, 6) is 1.25. The summed E-state index contributed by atoms with van der Waals surface area (Å²) >= 11 is 0. The topological polar surface area (TPSA) is 50.8 Å². The SMILES string of the molecule is COc1cc(C(=O)N2CC[C@@H]3CNC[C@@H]3CC2)ccc1OC(F)F.Cl. The molecule has 2 aliphatic heterocycles. The predicted octanol–water partition coefficient (Wildman–Crippen LogP) is 2.79. The van der Waals surface area contributed by atoms with Crippen molar-refractivity contribution in [2.45, 2.75) is 19.5 Å². The van der Waals surface area contributed by atoms with E-state index in [0.29, 0.717) is 17.4 Å². The Bertz CT molecular complexity index is 589. The number of benzene rings is 1. The van der Waals surface area contributed by atoms with Gasteiger partial charge in [-0.15, -0.1) is 12.4 Å². The lowest BCUT2D eigenvalue weighted by Gasteiger charge is -2.21. The van der Waals surface area contributed by atoms with Crippen LogP contribution < -0.4 is 14.8 Å². The van der Waals surface area contributed by atoms with Gasteiger partial charge in [0.2, 0.25) is 0 Å². The van der Waals surface area contributed by atoms with Gasteiger partial charge in [0.25, 0.3) is 5.91 Å². The average Bonchev–Trinajstić information content (AvgIpc) is 2.92. The number of carbonyl (C=O) groups excluding carboxylic acids is 1. The number of halogens is 3. The molecule has 0 aromatic heterocycles. The second-order valence-corrected chi connectivity index (χ2v) is 6.29. The minimum Gasteiger partial charge on any atom is -0.493 e. The molecule has 2 saturated heterocycles. The molecule has 2 fully saturated rings. The van der Waals surface area contributed by atoms with Crippen LogP contribution in [0.2, 0.25) is 0 Å². The van der Waals surface area contributed by atoms with E-state index < -0.39 is 6.61 Å². The Labute approximate surface area is 152 Å². The smallest absolute Gasteiger partial charge is 0.387 e. The van der Waals surface area contributed by atoms with Crippen LogP contribution in [0.15, 0.2) is 18.2 Å². The number of carbonyl (C=O) groups is 1. The zero-order valence-corrected chi connectivity index (χ0v) is 14.9. The fourth-order valence-electron chi connectivity index (χ4n) is 3.60. The van der Waals surface area contributed by atoms with Gasteiger partial charge in [0, 0.05) is 18.7 Å². The molecule has 0 spiro atoms. The molecule has 1 aromatic carbocycles. The molecule has 1 aromatic rings.